The summed E-state index contributed by atoms with van der Waals surface area (Å²) in [7, 11) is 0. The maximum Gasteiger partial charge on any atom is 0.303 e. The van der Waals surface area contributed by atoms with Gasteiger partial charge in [-0.1, -0.05) is 6.07 Å². The molecule has 0 aliphatic heterocycles. The minimum absolute atomic E-state index is 0.0965. The van der Waals surface area contributed by atoms with Crippen LogP contribution in [0.15, 0.2) is 46.9 Å². The van der Waals surface area contributed by atoms with E-state index in [1.165, 1.54) is 17.7 Å². The topological polar surface area (TPSA) is 72.6 Å². The molecule has 29 heavy (non-hydrogen) atoms. The van der Waals surface area contributed by atoms with Crippen LogP contribution in [0, 0.1) is 12.7 Å². The van der Waals surface area contributed by atoms with Crippen molar-refractivity contribution in [3.63, 3.8) is 0 Å². The van der Waals surface area contributed by atoms with E-state index in [9.17, 15) is 9.18 Å². The molecule has 0 bridgehead atoms. The number of carboxylic acids is 1. The molecule has 1 aliphatic rings. The number of hydrogen-bond donors (Lipinski definition) is 1. The minimum Gasteiger partial charge on any atom is -0.493 e. The standard InChI is InChI=1S/C23H22FNO4/c1-14-21(25-23(29-14)15-4-6-18(24)7-5-15)10-11-28-19-8-9-20-16(12-19)2-3-17(20)13-22(26)27/h4-9,12,17H,2-3,10-11,13H2,1H3,(H,26,27)/t17-/m1/s1. The summed E-state index contributed by atoms with van der Waals surface area (Å²) in [5, 5.41) is 9.03. The number of aromatic nitrogens is 1. The molecule has 1 N–H and O–H groups in total. The Morgan fingerprint density at radius 2 is 2.07 bits per heavy atom. The van der Waals surface area contributed by atoms with Crippen molar-refractivity contribution >= 4 is 5.97 Å². The van der Waals surface area contributed by atoms with E-state index in [1.54, 1.807) is 12.1 Å². The Morgan fingerprint density at radius 3 is 2.83 bits per heavy atom. The third-order valence-corrected chi connectivity index (χ3v) is 5.33. The number of nitrogens with zero attached hydrogens (tertiary/aromatic N) is 1. The predicted octanol–water partition coefficient (Wildman–Crippen LogP) is 4.92. The van der Waals surface area contributed by atoms with Gasteiger partial charge in [-0.3, -0.25) is 4.79 Å². The van der Waals surface area contributed by atoms with Crippen molar-refractivity contribution in [2.75, 3.05) is 6.61 Å². The van der Waals surface area contributed by atoms with Crippen molar-refractivity contribution in [2.45, 2.75) is 38.5 Å². The van der Waals surface area contributed by atoms with Gasteiger partial charge >= 0.3 is 5.97 Å². The van der Waals surface area contributed by atoms with Crippen LogP contribution in [-0.4, -0.2) is 22.7 Å². The summed E-state index contributed by atoms with van der Waals surface area (Å²) in [6.07, 6.45) is 2.52. The Kier molecular flexibility index (Phi) is 5.34. The number of oxazole rings is 1. The zero-order valence-electron chi connectivity index (χ0n) is 16.2. The molecule has 1 heterocycles. The average molecular weight is 395 g/mol. The maximum atomic E-state index is 13.1. The number of rotatable bonds is 7. The third-order valence-electron chi connectivity index (χ3n) is 5.33. The molecular formula is C23H22FNO4. The Hall–Kier alpha value is -3.15. The monoisotopic (exact) mass is 395 g/mol. The van der Waals surface area contributed by atoms with Gasteiger partial charge < -0.3 is 14.3 Å². The first-order valence-corrected chi connectivity index (χ1v) is 9.69. The van der Waals surface area contributed by atoms with E-state index in [-0.39, 0.29) is 18.2 Å². The SMILES string of the molecule is Cc1oc(-c2ccc(F)cc2)nc1CCOc1ccc2c(c1)CC[C@@H]2CC(=O)O. The smallest absolute Gasteiger partial charge is 0.303 e. The molecule has 150 valence electrons. The zero-order valence-corrected chi connectivity index (χ0v) is 16.2. The first-order chi connectivity index (χ1) is 14.0. The van der Waals surface area contributed by atoms with Gasteiger partial charge in [0.05, 0.1) is 18.7 Å². The number of halogens is 1. The molecule has 0 saturated heterocycles. The number of benzene rings is 2. The minimum atomic E-state index is -0.758. The molecule has 0 fully saturated rings. The summed E-state index contributed by atoms with van der Waals surface area (Å²) in [5.74, 6) is 1.01. The fourth-order valence-electron chi connectivity index (χ4n) is 3.84. The van der Waals surface area contributed by atoms with Gasteiger partial charge in [-0.05, 0) is 73.2 Å². The van der Waals surface area contributed by atoms with Crippen molar-refractivity contribution in [1.82, 2.24) is 4.98 Å². The van der Waals surface area contributed by atoms with Gasteiger partial charge in [0.1, 0.15) is 17.3 Å². The first-order valence-electron chi connectivity index (χ1n) is 9.69. The number of carbonyl (C=O) groups is 1. The fraction of sp³-hybridized carbons (Fsp3) is 0.304. The quantitative estimate of drug-likeness (QED) is 0.615. The van der Waals surface area contributed by atoms with E-state index < -0.39 is 5.97 Å². The maximum absolute atomic E-state index is 13.1. The summed E-state index contributed by atoms with van der Waals surface area (Å²) >= 11 is 0. The number of ether oxygens (including phenoxy) is 1. The lowest BCUT2D eigenvalue weighted by molar-refractivity contribution is -0.137. The van der Waals surface area contributed by atoms with Crippen molar-refractivity contribution in [3.05, 3.63) is 70.9 Å². The highest BCUT2D eigenvalue weighted by Gasteiger charge is 2.24. The predicted molar refractivity (Wildman–Crippen MR) is 106 cm³/mol. The van der Waals surface area contributed by atoms with Gasteiger partial charge in [-0.15, -0.1) is 0 Å². The lowest BCUT2D eigenvalue weighted by Crippen LogP contribution is -2.04. The molecule has 1 aliphatic carbocycles. The molecule has 0 saturated carbocycles. The highest BCUT2D eigenvalue weighted by molar-refractivity contribution is 5.68. The summed E-state index contributed by atoms with van der Waals surface area (Å²) in [6.45, 7) is 2.31. The van der Waals surface area contributed by atoms with Gasteiger partial charge in [0, 0.05) is 12.0 Å². The van der Waals surface area contributed by atoms with Crippen molar-refractivity contribution in [1.29, 1.82) is 0 Å². The number of carboxylic acid groups (broad SMARTS) is 1. The summed E-state index contributed by atoms with van der Waals surface area (Å²) in [5.41, 5.74) is 3.84. The molecular weight excluding hydrogens is 373 g/mol. The lowest BCUT2D eigenvalue weighted by Gasteiger charge is -2.10. The highest BCUT2D eigenvalue weighted by Crippen LogP contribution is 2.37. The molecule has 6 heteroatoms. The molecule has 1 atom stereocenters. The average Bonchev–Trinajstić information content (AvgIpc) is 3.25. The second kappa shape index (κ2) is 8.07. The second-order valence-corrected chi connectivity index (χ2v) is 7.32. The van der Waals surface area contributed by atoms with Crippen LogP contribution in [0.4, 0.5) is 4.39 Å². The van der Waals surface area contributed by atoms with Gasteiger partial charge in [0.25, 0.3) is 0 Å². The molecule has 5 nitrogen and oxygen atoms in total. The first kappa shape index (κ1) is 19.2. The lowest BCUT2D eigenvalue weighted by atomic mass is 9.98. The van der Waals surface area contributed by atoms with E-state index in [0.29, 0.717) is 18.9 Å². The van der Waals surface area contributed by atoms with Gasteiger partial charge in [0.15, 0.2) is 0 Å². The molecule has 2 aromatic carbocycles. The molecule has 1 aromatic heterocycles. The van der Waals surface area contributed by atoms with Crippen LogP contribution in [0.25, 0.3) is 11.5 Å². The molecule has 0 radical (unpaired) electrons. The number of aliphatic carboxylic acids is 1. The van der Waals surface area contributed by atoms with Crippen LogP contribution in [0.3, 0.4) is 0 Å². The van der Waals surface area contributed by atoms with Crippen molar-refractivity contribution in [2.24, 2.45) is 0 Å². The van der Waals surface area contributed by atoms with Crippen LogP contribution in [-0.2, 0) is 17.6 Å². The van der Waals surface area contributed by atoms with Crippen LogP contribution in [0.2, 0.25) is 0 Å². The third kappa shape index (κ3) is 4.31. The summed E-state index contributed by atoms with van der Waals surface area (Å²) in [4.78, 5) is 15.5. The van der Waals surface area contributed by atoms with E-state index in [1.807, 2.05) is 25.1 Å². The molecule has 0 amide bonds. The molecule has 3 aromatic rings. The summed E-state index contributed by atoms with van der Waals surface area (Å²) in [6, 6.07) is 11.9. The van der Waals surface area contributed by atoms with Crippen LogP contribution in [0.5, 0.6) is 5.75 Å². The second-order valence-electron chi connectivity index (χ2n) is 7.32. The van der Waals surface area contributed by atoms with Crippen molar-refractivity contribution in [3.8, 4) is 17.2 Å². The normalized spacial score (nSPS) is 15.3. The number of fused-ring (bicyclic) bond motifs is 1. The number of hydrogen-bond acceptors (Lipinski definition) is 4. The van der Waals surface area contributed by atoms with Gasteiger partial charge in [-0.2, -0.15) is 0 Å². The van der Waals surface area contributed by atoms with E-state index in [2.05, 4.69) is 4.98 Å². The van der Waals surface area contributed by atoms with Gasteiger partial charge in [0.2, 0.25) is 5.89 Å². The zero-order chi connectivity index (χ0) is 20.4. The summed E-state index contributed by atoms with van der Waals surface area (Å²) < 4.78 is 24.7. The Balaban J connectivity index is 1.37. The van der Waals surface area contributed by atoms with Crippen molar-refractivity contribution < 1.29 is 23.4 Å². The number of aryl methyl sites for hydroxylation is 2. The van der Waals surface area contributed by atoms with E-state index >= 15 is 0 Å². The highest BCUT2D eigenvalue weighted by atomic mass is 19.1. The Morgan fingerprint density at radius 1 is 1.28 bits per heavy atom. The largest absolute Gasteiger partial charge is 0.493 e. The van der Waals surface area contributed by atoms with Crippen LogP contribution in [0.1, 0.15) is 41.3 Å². The van der Waals surface area contributed by atoms with Gasteiger partial charge in [-0.25, -0.2) is 9.37 Å². The van der Waals surface area contributed by atoms with E-state index in [4.69, 9.17) is 14.3 Å². The fourth-order valence-corrected chi connectivity index (χ4v) is 3.84. The molecule has 4 rings (SSSR count). The Labute approximate surface area is 168 Å². The Bertz CT molecular complexity index is 1030. The molecule has 0 spiro atoms. The van der Waals surface area contributed by atoms with E-state index in [0.717, 1.165) is 41.2 Å². The molecule has 0 unspecified atom stereocenters. The van der Waals surface area contributed by atoms with Crippen LogP contribution < -0.4 is 4.74 Å². The van der Waals surface area contributed by atoms with Crippen LogP contribution >= 0.6 is 0 Å².